The largest absolute Gasteiger partial charge is 0.469 e. The van der Waals surface area contributed by atoms with E-state index in [9.17, 15) is 4.79 Å². The molecule has 1 saturated carbocycles. The standard InChI is InChI=1S/C7H12O3/c1-10-7(9)6-3-2-5(6)4-8/h5-6,8H,2-4H2,1H3/t5-,6+/m1/s1. The van der Waals surface area contributed by atoms with Crippen molar-refractivity contribution in [1.29, 1.82) is 0 Å². The summed E-state index contributed by atoms with van der Waals surface area (Å²) in [5.41, 5.74) is 0. The molecule has 3 heteroatoms. The topological polar surface area (TPSA) is 46.5 Å². The highest BCUT2D eigenvalue weighted by atomic mass is 16.5. The SMILES string of the molecule is COC(=O)[C@H]1CC[C@@H]1CO. The van der Waals surface area contributed by atoms with E-state index in [2.05, 4.69) is 4.74 Å². The Morgan fingerprint density at radius 3 is 2.70 bits per heavy atom. The average Bonchev–Trinajstić information content (AvgIpc) is 1.86. The van der Waals surface area contributed by atoms with Crippen molar-refractivity contribution in [2.75, 3.05) is 13.7 Å². The summed E-state index contributed by atoms with van der Waals surface area (Å²) in [6, 6.07) is 0. The molecule has 0 unspecified atom stereocenters. The minimum Gasteiger partial charge on any atom is -0.469 e. The predicted octanol–water partition coefficient (Wildman–Crippen LogP) is 0.178. The molecule has 1 aliphatic carbocycles. The Hall–Kier alpha value is -0.570. The molecule has 0 aromatic carbocycles. The van der Waals surface area contributed by atoms with Crippen LogP contribution in [0.5, 0.6) is 0 Å². The molecular formula is C7H12O3. The fourth-order valence-corrected chi connectivity index (χ4v) is 1.25. The number of ether oxygens (including phenoxy) is 1. The number of aliphatic hydroxyl groups excluding tert-OH is 1. The van der Waals surface area contributed by atoms with Crippen molar-refractivity contribution in [3.8, 4) is 0 Å². The van der Waals surface area contributed by atoms with E-state index < -0.39 is 0 Å². The minimum absolute atomic E-state index is 0.0324. The molecule has 1 fully saturated rings. The molecule has 1 N–H and O–H groups in total. The summed E-state index contributed by atoms with van der Waals surface area (Å²) in [5.74, 6) is -0.0484. The van der Waals surface area contributed by atoms with Crippen molar-refractivity contribution in [3.63, 3.8) is 0 Å². The Morgan fingerprint density at radius 1 is 1.70 bits per heavy atom. The van der Waals surface area contributed by atoms with Gasteiger partial charge in [0.05, 0.1) is 13.0 Å². The average molecular weight is 144 g/mol. The summed E-state index contributed by atoms with van der Waals surface area (Å²) in [7, 11) is 1.38. The molecule has 0 aromatic rings. The maximum Gasteiger partial charge on any atom is 0.309 e. The lowest BCUT2D eigenvalue weighted by atomic mass is 9.74. The molecule has 0 bridgehead atoms. The van der Waals surface area contributed by atoms with Crippen molar-refractivity contribution in [2.45, 2.75) is 12.8 Å². The molecule has 0 spiro atoms. The number of hydrogen-bond donors (Lipinski definition) is 1. The number of methoxy groups -OCH3 is 1. The van der Waals surface area contributed by atoms with Gasteiger partial charge in [-0.25, -0.2) is 0 Å². The fraction of sp³-hybridized carbons (Fsp3) is 0.857. The Bertz CT molecular complexity index is 131. The molecule has 0 aromatic heterocycles. The van der Waals surface area contributed by atoms with Gasteiger partial charge in [-0.15, -0.1) is 0 Å². The molecule has 10 heavy (non-hydrogen) atoms. The first-order chi connectivity index (χ1) is 4.79. The molecular weight excluding hydrogens is 132 g/mol. The van der Waals surface area contributed by atoms with Crippen LogP contribution in [-0.2, 0) is 9.53 Å². The molecule has 58 valence electrons. The minimum atomic E-state index is -0.176. The van der Waals surface area contributed by atoms with Crippen molar-refractivity contribution in [3.05, 3.63) is 0 Å². The lowest BCUT2D eigenvalue weighted by molar-refractivity contribution is -0.152. The summed E-state index contributed by atoms with van der Waals surface area (Å²) >= 11 is 0. The van der Waals surface area contributed by atoms with E-state index in [1.54, 1.807) is 0 Å². The van der Waals surface area contributed by atoms with Gasteiger partial charge in [-0.3, -0.25) is 4.79 Å². The smallest absolute Gasteiger partial charge is 0.309 e. The fourth-order valence-electron chi connectivity index (χ4n) is 1.25. The van der Waals surface area contributed by atoms with Gasteiger partial charge in [0, 0.05) is 6.61 Å². The zero-order chi connectivity index (χ0) is 7.56. The van der Waals surface area contributed by atoms with Crippen LogP contribution in [0.2, 0.25) is 0 Å². The van der Waals surface area contributed by atoms with Crippen LogP contribution in [0.3, 0.4) is 0 Å². The van der Waals surface area contributed by atoms with Crippen LogP contribution in [0.15, 0.2) is 0 Å². The third-order valence-corrected chi connectivity index (χ3v) is 2.16. The zero-order valence-electron chi connectivity index (χ0n) is 6.04. The quantitative estimate of drug-likeness (QED) is 0.562. The van der Waals surface area contributed by atoms with E-state index >= 15 is 0 Å². The molecule has 0 saturated heterocycles. The molecule has 2 atom stereocenters. The number of carbonyl (C=O) groups excluding carboxylic acids is 1. The highest BCUT2D eigenvalue weighted by Crippen LogP contribution is 2.34. The van der Waals surface area contributed by atoms with Gasteiger partial charge in [-0.2, -0.15) is 0 Å². The van der Waals surface area contributed by atoms with Gasteiger partial charge >= 0.3 is 5.97 Å². The third-order valence-electron chi connectivity index (χ3n) is 2.16. The van der Waals surface area contributed by atoms with Crippen LogP contribution in [0.25, 0.3) is 0 Å². The molecule has 1 rings (SSSR count). The van der Waals surface area contributed by atoms with Gasteiger partial charge in [0.1, 0.15) is 0 Å². The Balaban J connectivity index is 2.35. The summed E-state index contributed by atoms with van der Waals surface area (Å²) < 4.78 is 4.54. The summed E-state index contributed by atoms with van der Waals surface area (Å²) in [6.07, 6.45) is 1.83. The van der Waals surface area contributed by atoms with Gasteiger partial charge in [0.2, 0.25) is 0 Å². The Kier molecular flexibility index (Phi) is 2.27. The van der Waals surface area contributed by atoms with Gasteiger partial charge in [-0.1, -0.05) is 0 Å². The first kappa shape index (κ1) is 7.54. The van der Waals surface area contributed by atoms with Crippen molar-refractivity contribution >= 4 is 5.97 Å². The lowest BCUT2D eigenvalue weighted by Crippen LogP contribution is -2.35. The highest BCUT2D eigenvalue weighted by molar-refractivity contribution is 5.73. The van der Waals surface area contributed by atoms with E-state index in [1.807, 2.05) is 0 Å². The summed E-state index contributed by atoms with van der Waals surface area (Å²) in [4.78, 5) is 10.8. The number of aliphatic hydroxyl groups is 1. The Labute approximate surface area is 60.0 Å². The first-order valence-corrected chi connectivity index (χ1v) is 3.48. The second-order valence-electron chi connectivity index (χ2n) is 2.65. The highest BCUT2D eigenvalue weighted by Gasteiger charge is 2.36. The van der Waals surface area contributed by atoms with E-state index in [-0.39, 0.29) is 24.4 Å². The number of esters is 1. The third kappa shape index (κ3) is 1.14. The zero-order valence-corrected chi connectivity index (χ0v) is 6.04. The van der Waals surface area contributed by atoms with Gasteiger partial charge in [-0.05, 0) is 18.8 Å². The van der Waals surface area contributed by atoms with Gasteiger partial charge < -0.3 is 9.84 Å². The van der Waals surface area contributed by atoms with Gasteiger partial charge in [0.25, 0.3) is 0 Å². The van der Waals surface area contributed by atoms with E-state index in [0.717, 1.165) is 12.8 Å². The van der Waals surface area contributed by atoms with E-state index in [1.165, 1.54) is 7.11 Å². The van der Waals surface area contributed by atoms with Crippen LogP contribution in [0, 0.1) is 11.8 Å². The number of rotatable bonds is 2. The number of hydrogen-bond acceptors (Lipinski definition) is 3. The summed E-state index contributed by atoms with van der Waals surface area (Å²) in [6.45, 7) is 0.111. The summed E-state index contributed by atoms with van der Waals surface area (Å²) in [5, 5.41) is 8.69. The molecule has 0 aliphatic heterocycles. The first-order valence-electron chi connectivity index (χ1n) is 3.48. The molecule has 3 nitrogen and oxygen atoms in total. The maximum atomic E-state index is 10.8. The van der Waals surface area contributed by atoms with Crippen molar-refractivity contribution in [2.24, 2.45) is 11.8 Å². The monoisotopic (exact) mass is 144 g/mol. The maximum absolute atomic E-state index is 10.8. The second kappa shape index (κ2) is 3.01. The van der Waals surface area contributed by atoms with Crippen LogP contribution >= 0.6 is 0 Å². The number of carbonyl (C=O) groups is 1. The van der Waals surface area contributed by atoms with Crippen LogP contribution in [0.4, 0.5) is 0 Å². The second-order valence-corrected chi connectivity index (χ2v) is 2.65. The predicted molar refractivity (Wildman–Crippen MR) is 35.3 cm³/mol. The molecule has 0 radical (unpaired) electrons. The Morgan fingerprint density at radius 2 is 2.40 bits per heavy atom. The van der Waals surface area contributed by atoms with E-state index in [0.29, 0.717) is 0 Å². The van der Waals surface area contributed by atoms with Crippen LogP contribution < -0.4 is 0 Å². The van der Waals surface area contributed by atoms with E-state index in [4.69, 9.17) is 5.11 Å². The van der Waals surface area contributed by atoms with Crippen molar-refractivity contribution < 1.29 is 14.6 Å². The van der Waals surface area contributed by atoms with Crippen LogP contribution in [-0.4, -0.2) is 24.8 Å². The molecule has 0 heterocycles. The normalized spacial score (nSPS) is 31.0. The molecule has 0 amide bonds. The molecule has 1 aliphatic rings. The van der Waals surface area contributed by atoms with Crippen LogP contribution in [0.1, 0.15) is 12.8 Å². The van der Waals surface area contributed by atoms with Gasteiger partial charge in [0.15, 0.2) is 0 Å². The lowest BCUT2D eigenvalue weighted by Gasteiger charge is -2.32. The van der Waals surface area contributed by atoms with Crippen molar-refractivity contribution in [1.82, 2.24) is 0 Å².